The molecule has 3 aromatic carbocycles. The maximum Gasteiger partial charge on any atom is 0.275 e. The van der Waals surface area contributed by atoms with Crippen molar-refractivity contribution in [2.75, 3.05) is 7.05 Å². The summed E-state index contributed by atoms with van der Waals surface area (Å²) in [5, 5.41) is 15.8. The number of aromatic hydroxyl groups is 1. The second kappa shape index (κ2) is 7.79. The van der Waals surface area contributed by atoms with E-state index in [0.29, 0.717) is 11.3 Å². The third kappa shape index (κ3) is 4.03. The standard InChI is InChI=1S/C20H19N3O4S/c1-13(14-7-9-17(10-8-14)28(26,27)21-2)22-23-20(25)18-11-15-5-3-4-6-16(15)12-19(18)24/h3-12,21,24H,1-2H3,(H,23,25)/b22-13+. The summed E-state index contributed by atoms with van der Waals surface area (Å²) in [5.74, 6) is -0.678. The van der Waals surface area contributed by atoms with E-state index in [4.69, 9.17) is 0 Å². The third-order valence-corrected chi connectivity index (χ3v) is 5.72. The Kier molecular flexibility index (Phi) is 5.43. The summed E-state index contributed by atoms with van der Waals surface area (Å²) in [6.45, 7) is 1.68. The summed E-state index contributed by atoms with van der Waals surface area (Å²) in [7, 11) is -2.17. The van der Waals surface area contributed by atoms with Crippen molar-refractivity contribution in [1.29, 1.82) is 0 Å². The highest BCUT2D eigenvalue weighted by atomic mass is 32.2. The molecule has 28 heavy (non-hydrogen) atoms. The van der Waals surface area contributed by atoms with Crippen LogP contribution in [0.4, 0.5) is 0 Å². The number of rotatable bonds is 5. The lowest BCUT2D eigenvalue weighted by molar-refractivity contribution is 0.0952. The molecule has 3 N–H and O–H groups in total. The summed E-state index contributed by atoms with van der Waals surface area (Å²) in [4.78, 5) is 12.5. The van der Waals surface area contributed by atoms with E-state index in [1.807, 2.05) is 24.3 Å². The van der Waals surface area contributed by atoms with Gasteiger partial charge >= 0.3 is 0 Å². The van der Waals surface area contributed by atoms with Crippen molar-refractivity contribution in [1.82, 2.24) is 10.1 Å². The second-order valence-corrected chi connectivity index (χ2v) is 7.97. The van der Waals surface area contributed by atoms with Gasteiger partial charge in [0.15, 0.2) is 0 Å². The van der Waals surface area contributed by atoms with Crippen molar-refractivity contribution in [3.8, 4) is 5.75 Å². The number of fused-ring (bicyclic) bond motifs is 1. The molecular weight excluding hydrogens is 378 g/mol. The number of carbonyl (C=O) groups is 1. The van der Waals surface area contributed by atoms with Crippen molar-refractivity contribution in [3.05, 3.63) is 71.8 Å². The minimum absolute atomic E-state index is 0.116. The Morgan fingerprint density at radius 2 is 1.61 bits per heavy atom. The summed E-state index contributed by atoms with van der Waals surface area (Å²) >= 11 is 0. The lowest BCUT2D eigenvalue weighted by Gasteiger charge is -2.07. The number of carbonyl (C=O) groups excluding carboxylic acids is 1. The molecule has 0 saturated carbocycles. The molecule has 8 heteroatoms. The van der Waals surface area contributed by atoms with Crippen LogP contribution in [0.2, 0.25) is 0 Å². The maximum absolute atomic E-state index is 12.4. The molecule has 0 aliphatic heterocycles. The molecule has 0 aromatic heterocycles. The first-order valence-corrected chi connectivity index (χ1v) is 9.90. The van der Waals surface area contributed by atoms with Gasteiger partial charge in [0.25, 0.3) is 5.91 Å². The zero-order valence-corrected chi connectivity index (χ0v) is 16.1. The van der Waals surface area contributed by atoms with E-state index >= 15 is 0 Å². The number of hydrogen-bond acceptors (Lipinski definition) is 5. The van der Waals surface area contributed by atoms with E-state index in [1.54, 1.807) is 25.1 Å². The molecule has 0 fully saturated rings. The van der Waals surface area contributed by atoms with Crippen LogP contribution in [-0.2, 0) is 10.0 Å². The Morgan fingerprint density at radius 3 is 2.21 bits per heavy atom. The van der Waals surface area contributed by atoms with Gasteiger partial charge < -0.3 is 5.11 Å². The molecule has 0 aliphatic rings. The Bertz CT molecular complexity index is 1170. The first-order valence-electron chi connectivity index (χ1n) is 8.42. The normalized spacial score (nSPS) is 12.1. The largest absolute Gasteiger partial charge is 0.507 e. The molecule has 0 bridgehead atoms. The van der Waals surface area contributed by atoms with E-state index in [0.717, 1.165) is 10.8 Å². The zero-order valence-electron chi connectivity index (χ0n) is 15.3. The van der Waals surface area contributed by atoms with Crippen LogP contribution in [-0.4, -0.2) is 32.2 Å². The number of nitrogens with one attached hydrogen (secondary N) is 2. The first kappa shape index (κ1) is 19.5. The van der Waals surface area contributed by atoms with Crippen LogP contribution < -0.4 is 10.1 Å². The lowest BCUT2D eigenvalue weighted by Crippen LogP contribution is -2.20. The van der Waals surface area contributed by atoms with Gasteiger partial charge in [-0.05, 0) is 54.6 Å². The number of hydrazone groups is 1. The quantitative estimate of drug-likeness (QED) is 0.454. The van der Waals surface area contributed by atoms with E-state index < -0.39 is 15.9 Å². The highest BCUT2D eigenvalue weighted by molar-refractivity contribution is 7.89. The molecule has 1 amide bonds. The highest BCUT2D eigenvalue weighted by Gasteiger charge is 2.13. The van der Waals surface area contributed by atoms with Crippen LogP contribution in [0.5, 0.6) is 5.75 Å². The van der Waals surface area contributed by atoms with Gasteiger partial charge in [0.05, 0.1) is 16.2 Å². The zero-order chi connectivity index (χ0) is 20.3. The van der Waals surface area contributed by atoms with E-state index in [2.05, 4.69) is 15.2 Å². The van der Waals surface area contributed by atoms with Crippen molar-refractivity contribution >= 4 is 32.4 Å². The highest BCUT2D eigenvalue weighted by Crippen LogP contribution is 2.24. The average molecular weight is 397 g/mol. The third-order valence-electron chi connectivity index (χ3n) is 4.28. The van der Waals surface area contributed by atoms with Crippen molar-refractivity contribution < 1.29 is 18.3 Å². The van der Waals surface area contributed by atoms with Crippen molar-refractivity contribution in [2.24, 2.45) is 5.10 Å². The van der Waals surface area contributed by atoms with Crippen LogP contribution in [0.25, 0.3) is 10.8 Å². The van der Waals surface area contributed by atoms with Crippen LogP contribution >= 0.6 is 0 Å². The van der Waals surface area contributed by atoms with Gasteiger partial charge in [-0.15, -0.1) is 0 Å². The van der Waals surface area contributed by atoms with Crippen molar-refractivity contribution in [3.63, 3.8) is 0 Å². The van der Waals surface area contributed by atoms with Crippen LogP contribution in [0, 0.1) is 0 Å². The van der Waals surface area contributed by atoms with Crippen LogP contribution in [0.3, 0.4) is 0 Å². The SMILES string of the molecule is CNS(=O)(=O)c1ccc(/C(C)=N/NC(=O)c2cc3ccccc3cc2O)cc1. The predicted molar refractivity (Wildman–Crippen MR) is 108 cm³/mol. The molecular formula is C20H19N3O4S. The number of phenols is 1. The molecule has 3 rings (SSSR count). The number of hydrogen-bond donors (Lipinski definition) is 3. The fourth-order valence-corrected chi connectivity index (χ4v) is 3.39. The molecule has 0 atom stereocenters. The van der Waals surface area contributed by atoms with E-state index in [9.17, 15) is 18.3 Å². The summed E-state index contributed by atoms with van der Waals surface area (Å²) in [6.07, 6.45) is 0. The molecule has 0 aliphatic carbocycles. The van der Waals surface area contributed by atoms with Gasteiger partial charge in [0, 0.05) is 0 Å². The number of amides is 1. The summed E-state index contributed by atoms with van der Waals surface area (Å²) < 4.78 is 25.8. The Hall–Kier alpha value is -3.23. The molecule has 0 unspecified atom stereocenters. The summed E-state index contributed by atoms with van der Waals surface area (Å²) in [5.41, 5.74) is 3.67. The fourth-order valence-electron chi connectivity index (χ4n) is 2.66. The maximum atomic E-state index is 12.4. The molecule has 7 nitrogen and oxygen atoms in total. The van der Waals surface area contributed by atoms with Crippen molar-refractivity contribution in [2.45, 2.75) is 11.8 Å². The molecule has 0 saturated heterocycles. The van der Waals surface area contributed by atoms with Crippen LogP contribution in [0.15, 0.2) is 70.7 Å². The number of benzene rings is 3. The first-order chi connectivity index (χ1) is 13.3. The minimum Gasteiger partial charge on any atom is -0.507 e. The Labute approximate surface area is 162 Å². The number of phenolic OH excluding ortho intramolecular Hbond substituents is 1. The van der Waals surface area contributed by atoms with Gasteiger partial charge in [0.1, 0.15) is 5.75 Å². The van der Waals surface area contributed by atoms with E-state index in [1.165, 1.54) is 25.2 Å². The fraction of sp³-hybridized carbons (Fsp3) is 0.100. The minimum atomic E-state index is -3.51. The molecule has 3 aromatic rings. The number of nitrogens with zero attached hydrogens (tertiary/aromatic N) is 1. The summed E-state index contributed by atoms with van der Waals surface area (Å²) in [6, 6.07) is 16.6. The van der Waals surface area contributed by atoms with Gasteiger partial charge in [-0.25, -0.2) is 18.6 Å². The van der Waals surface area contributed by atoms with Gasteiger partial charge in [-0.1, -0.05) is 36.4 Å². The Balaban J connectivity index is 1.79. The average Bonchev–Trinajstić information content (AvgIpc) is 2.71. The van der Waals surface area contributed by atoms with Gasteiger partial charge in [0.2, 0.25) is 10.0 Å². The molecule has 144 valence electrons. The number of sulfonamides is 1. The molecule has 0 radical (unpaired) electrons. The second-order valence-electron chi connectivity index (χ2n) is 6.09. The smallest absolute Gasteiger partial charge is 0.275 e. The van der Waals surface area contributed by atoms with Crippen LogP contribution in [0.1, 0.15) is 22.8 Å². The van der Waals surface area contributed by atoms with E-state index in [-0.39, 0.29) is 16.2 Å². The van der Waals surface area contributed by atoms with Gasteiger partial charge in [-0.2, -0.15) is 5.10 Å². The molecule has 0 heterocycles. The lowest BCUT2D eigenvalue weighted by atomic mass is 10.1. The monoisotopic (exact) mass is 397 g/mol. The molecule has 0 spiro atoms. The topological polar surface area (TPSA) is 108 Å². The Morgan fingerprint density at radius 1 is 1.00 bits per heavy atom. The predicted octanol–water partition coefficient (Wildman–Crippen LogP) is 2.61. The van der Waals surface area contributed by atoms with Gasteiger partial charge in [-0.3, -0.25) is 4.79 Å².